The second-order valence-electron chi connectivity index (χ2n) is 5.44. The van der Waals surface area contributed by atoms with Crippen LogP contribution in [-0.4, -0.2) is 18.1 Å². The molecule has 0 radical (unpaired) electrons. The quantitative estimate of drug-likeness (QED) is 0.908. The number of aromatic hydroxyl groups is 1. The van der Waals surface area contributed by atoms with Gasteiger partial charge in [0, 0.05) is 11.6 Å². The summed E-state index contributed by atoms with van der Waals surface area (Å²) >= 11 is 0. The van der Waals surface area contributed by atoms with Crippen LogP contribution in [0.4, 0.5) is 13.2 Å². The number of hydrogen-bond donors (Lipinski definition) is 1. The van der Waals surface area contributed by atoms with Gasteiger partial charge in [0.2, 0.25) is 5.67 Å². The fourth-order valence-electron chi connectivity index (χ4n) is 2.71. The molecule has 2 aliphatic rings. The van der Waals surface area contributed by atoms with E-state index >= 15 is 0 Å². The van der Waals surface area contributed by atoms with Crippen molar-refractivity contribution in [3.05, 3.63) is 23.3 Å². The van der Waals surface area contributed by atoms with Crippen molar-refractivity contribution in [3.63, 3.8) is 0 Å². The highest BCUT2D eigenvalue weighted by molar-refractivity contribution is 5.54. The van der Waals surface area contributed by atoms with Gasteiger partial charge in [0.1, 0.15) is 11.5 Å². The molecule has 19 heavy (non-hydrogen) atoms. The lowest BCUT2D eigenvalue weighted by Gasteiger charge is -2.15. The van der Waals surface area contributed by atoms with Crippen molar-refractivity contribution in [2.45, 2.75) is 37.3 Å². The van der Waals surface area contributed by atoms with Gasteiger partial charge >= 0.3 is 0 Å². The zero-order valence-corrected chi connectivity index (χ0v) is 10.7. The van der Waals surface area contributed by atoms with Gasteiger partial charge in [-0.25, -0.2) is 13.2 Å². The summed E-state index contributed by atoms with van der Waals surface area (Å²) in [6.07, 6.45) is 1.79. The van der Waals surface area contributed by atoms with E-state index in [-0.39, 0.29) is 23.0 Å². The fourth-order valence-corrected chi connectivity index (χ4v) is 2.71. The number of phenolic OH excluding ortho intramolecular Hbond substituents is 1. The Balaban J connectivity index is 2.12. The number of phenols is 1. The molecule has 2 aliphatic carbocycles. The Morgan fingerprint density at radius 1 is 1.26 bits per heavy atom. The third-order valence-corrected chi connectivity index (χ3v) is 4.30. The third-order valence-electron chi connectivity index (χ3n) is 4.30. The van der Waals surface area contributed by atoms with Crippen LogP contribution in [-0.2, 0) is 5.67 Å². The van der Waals surface area contributed by atoms with E-state index in [0.717, 1.165) is 12.8 Å². The van der Waals surface area contributed by atoms with Crippen LogP contribution < -0.4 is 4.74 Å². The van der Waals surface area contributed by atoms with Gasteiger partial charge in [0.15, 0.2) is 0 Å². The van der Waals surface area contributed by atoms with E-state index in [1.807, 2.05) is 0 Å². The fraction of sp³-hybridized carbons (Fsp3) is 0.571. The maximum atomic E-state index is 14.5. The first-order valence-corrected chi connectivity index (χ1v) is 6.32. The summed E-state index contributed by atoms with van der Waals surface area (Å²) in [6.45, 7) is 1.18. The number of ether oxygens (including phenoxy) is 1. The second kappa shape index (κ2) is 3.58. The standard InChI is InChI=1S/C14H15F3O2/c1-7-13(15,14(7,16)17)10-5-9(8-3-4-8)11(18)6-12(10)19-2/h5-8,18H,3-4H2,1-2H3. The summed E-state index contributed by atoms with van der Waals surface area (Å²) in [6, 6.07) is 2.59. The molecule has 0 bridgehead atoms. The SMILES string of the molecule is COc1cc(O)c(C2CC2)cc1C1(F)C(C)C1(F)F. The summed E-state index contributed by atoms with van der Waals surface area (Å²) < 4.78 is 46.6. The van der Waals surface area contributed by atoms with Crippen LogP contribution in [0, 0.1) is 5.92 Å². The maximum absolute atomic E-state index is 14.5. The Morgan fingerprint density at radius 3 is 2.26 bits per heavy atom. The molecule has 2 fully saturated rings. The lowest BCUT2D eigenvalue weighted by molar-refractivity contribution is 0.0381. The van der Waals surface area contributed by atoms with Gasteiger partial charge < -0.3 is 9.84 Å². The van der Waals surface area contributed by atoms with Crippen molar-refractivity contribution < 1.29 is 23.0 Å². The molecule has 2 nitrogen and oxygen atoms in total. The van der Waals surface area contributed by atoms with Crippen LogP contribution >= 0.6 is 0 Å². The smallest absolute Gasteiger partial charge is 0.292 e. The first kappa shape index (κ1) is 12.6. The molecule has 0 aliphatic heterocycles. The first-order valence-electron chi connectivity index (χ1n) is 6.32. The highest BCUT2D eigenvalue weighted by Crippen LogP contribution is 2.69. The molecule has 2 saturated carbocycles. The summed E-state index contributed by atoms with van der Waals surface area (Å²) in [5.74, 6) is -4.63. The van der Waals surface area contributed by atoms with Crippen molar-refractivity contribution in [1.29, 1.82) is 0 Å². The van der Waals surface area contributed by atoms with Gasteiger partial charge in [-0.2, -0.15) is 0 Å². The maximum Gasteiger partial charge on any atom is 0.292 e. The predicted octanol–water partition coefficient (Wildman–Crippen LogP) is 3.73. The highest BCUT2D eigenvalue weighted by atomic mass is 19.3. The average molecular weight is 272 g/mol. The van der Waals surface area contributed by atoms with Crippen LogP contribution in [0.5, 0.6) is 11.5 Å². The molecule has 5 heteroatoms. The number of benzene rings is 1. The molecular formula is C14H15F3O2. The van der Waals surface area contributed by atoms with Crippen LogP contribution in [0.25, 0.3) is 0 Å². The van der Waals surface area contributed by atoms with Crippen molar-refractivity contribution in [1.82, 2.24) is 0 Å². The predicted molar refractivity (Wildman–Crippen MR) is 63.5 cm³/mol. The summed E-state index contributed by atoms with van der Waals surface area (Å²) in [7, 11) is 1.28. The molecule has 0 heterocycles. The minimum atomic E-state index is -3.38. The summed E-state index contributed by atoms with van der Waals surface area (Å²) in [5.41, 5.74) is -2.29. The van der Waals surface area contributed by atoms with Gasteiger partial charge in [-0.15, -0.1) is 0 Å². The van der Waals surface area contributed by atoms with Crippen LogP contribution in [0.15, 0.2) is 12.1 Å². The number of hydrogen-bond acceptors (Lipinski definition) is 2. The summed E-state index contributed by atoms with van der Waals surface area (Å²) in [5, 5.41) is 9.85. The van der Waals surface area contributed by atoms with E-state index in [1.165, 1.54) is 26.2 Å². The summed E-state index contributed by atoms with van der Waals surface area (Å²) in [4.78, 5) is 0. The molecule has 2 atom stereocenters. The molecule has 104 valence electrons. The van der Waals surface area contributed by atoms with Gasteiger partial charge in [0.05, 0.1) is 13.0 Å². The van der Waals surface area contributed by atoms with E-state index in [0.29, 0.717) is 5.56 Å². The van der Waals surface area contributed by atoms with Crippen molar-refractivity contribution >= 4 is 0 Å². The van der Waals surface area contributed by atoms with Crippen molar-refractivity contribution in [2.24, 2.45) is 5.92 Å². The molecule has 3 rings (SSSR count). The van der Waals surface area contributed by atoms with E-state index in [1.54, 1.807) is 0 Å². The Morgan fingerprint density at radius 2 is 1.84 bits per heavy atom. The van der Waals surface area contributed by atoms with Gasteiger partial charge in [-0.1, -0.05) is 6.92 Å². The molecule has 1 N–H and O–H groups in total. The molecular weight excluding hydrogens is 257 g/mol. The zero-order valence-electron chi connectivity index (χ0n) is 10.7. The largest absolute Gasteiger partial charge is 0.508 e. The first-order chi connectivity index (χ1) is 8.84. The average Bonchev–Trinajstić information content (AvgIpc) is 3.26. The number of rotatable bonds is 3. The molecule has 0 aromatic heterocycles. The monoisotopic (exact) mass is 272 g/mol. The van der Waals surface area contributed by atoms with Crippen LogP contribution in [0.2, 0.25) is 0 Å². The Hall–Kier alpha value is -1.39. The molecule has 1 aromatic carbocycles. The third kappa shape index (κ3) is 1.50. The molecule has 2 unspecified atom stereocenters. The van der Waals surface area contributed by atoms with Crippen LogP contribution in [0.3, 0.4) is 0 Å². The van der Waals surface area contributed by atoms with E-state index in [2.05, 4.69) is 0 Å². The number of methoxy groups -OCH3 is 1. The number of alkyl halides is 3. The molecule has 0 spiro atoms. The van der Waals surface area contributed by atoms with Gasteiger partial charge in [-0.05, 0) is 30.4 Å². The lowest BCUT2D eigenvalue weighted by Crippen LogP contribution is -2.12. The molecule has 0 saturated heterocycles. The topological polar surface area (TPSA) is 29.5 Å². The Labute approximate surface area is 109 Å². The van der Waals surface area contributed by atoms with E-state index in [9.17, 15) is 18.3 Å². The minimum absolute atomic E-state index is 0.0108. The zero-order chi connectivity index (χ0) is 14.0. The normalized spacial score (nSPS) is 32.2. The Bertz CT molecular complexity index is 540. The van der Waals surface area contributed by atoms with Gasteiger partial charge in [-0.3, -0.25) is 0 Å². The Kier molecular flexibility index (Phi) is 2.38. The van der Waals surface area contributed by atoms with Crippen molar-refractivity contribution in [3.8, 4) is 11.5 Å². The number of halogens is 3. The highest BCUT2D eigenvalue weighted by Gasteiger charge is 2.82. The van der Waals surface area contributed by atoms with Crippen LogP contribution in [0.1, 0.15) is 36.8 Å². The van der Waals surface area contributed by atoms with E-state index < -0.39 is 17.5 Å². The van der Waals surface area contributed by atoms with E-state index in [4.69, 9.17) is 4.74 Å². The second-order valence-corrected chi connectivity index (χ2v) is 5.44. The molecule has 0 amide bonds. The van der Waals surface area contributed by atoms with Gasteiger partial charge in [0.25, 0.3) is 5.92 Å². The minimum Gasteiger partial charge on any atom is -0.508 e. The van der Waals surface area contributed by atoms with Crippen molar-refractivity contribution in [2.75, 3.05) is 7.11 Å². The lowest BCUT2D eigenvalue weighted by atomic mass is 9.99. The molecule has 1 aromatic rings.